The van der Waals surface area contributed by atoms with Crippen LogP contribution in [0, 0.1) is 0 Å². The number of H-pyrrole nitrogens is 1. The van der Waals surface area contributed by atoms with E-state index in [-0.39, 0.29) is 0 Å². The van der Waals surface area contributed by atoms with Crippen molar-refractivity contribution in [3.63, 3.8) is 0 Å². The maximum Gasteiger partial charge on any atom is 0.300 e. The van der Waals surface area contributed by atoms with Crippen molar-refractivity contribution in [1.29, 1.82) is 0 Å². The van der Waals surface area contributed by atoms with E-state index in [4.69, 9.17) is 16.0 Å². The minimum Gasteiger partial charge on any atom is -0.422 e. The van der Waals surface area contributed by atoms with Crippen molar-refractivity contribution >= 4 is 28.8 Å². The average Bonchev–Trinajstić information content (AvgIpc) is 3.02. The first-order valence-electron chi connectivity index (χ1n) is 5.99. The van der Waals surface area contributed by atoms with Gasteiger partial charge in [0.2, 0.25) is 5.65 Å². The second-order valence-electron chi connectivity index (χ2n) is 4.50. The third kappa shape index (κ3) is 1.76. The smallest absolute Gasteiger partial charge is 0.300 e. The summed E-state index contributed by atoms with van der Waals surface area (Å²) in [6.45, 7) is 1.59. The molecule has 0 aliphatic carbocycles. The molecule has 0 atom stereocenters. The lowest BCUT2D eigenvalue weighted by Crippen LogP contribution is -2.30. The van der Waals surface area contributed by atoms with Crippen LogP contribution in [-0.4, -0.2) is 26.7 Å². The molecular formula is C12H10ClN5O. The van der Waals surface area contributed by atoms with Crippen LogP contribution in [0.5, 0.6) is 0 Å². The van der Waals surface area contributed by atoms with Crippen molar-refractivity contribution < 1.29 is 4.42 Å². The quantitative estimate of drug-likeness (QED) is 0.689. The van der Waals surface area contributed by atoms with Crippen LogP contribution in [-0.2, 0) is 13.0 Å². The van der Waals surface area contributed by atoms with Gasteiger partial charge < -0.3 is 9.32 Å². The molecule has 7 heteroatoms. The number of fused-ring (bicyclic) bond motifs is 2. The van der Waals surface area contributed by atoms with E-state index in [1.54, 1.807) is 12.1 Å². The van der Waals surface area contributed by atoms with Gasteiger partial charge in [-0.1, -0.05) is 11.6 Å². The number of nitrogens with zero attached hydrogens (tertiary/aromatic N) is 4. The molecule has 0 spiro atoms. The number of nitrogens with one attached hydrogen (secondary N) is 1. The molecule has 4 heterocycles. The van der Waals surface area contributed by atoms with E-state index in [2.05, 4.69) is 25.1 Å². The Hall–Kier alpha value is -2.08. The standard InChI is InChI=1S/C12H10ClN5O/c13-10-2-1-9-11(15-10)16-12(19-9)18-4-3-8-7(6-18)5-14-17-8/h1-2,5H,3-4,6H2,(H,14,17). The molecular weight excluding hydrogens is 266 g/mol. The molecule has 0 amide bonds. The maximum atomic E-state index is 5.85. The highest BCUT2D eigenvalue weighted by Crippen LogP contribution is 2.26. The molecule has 0 saturated carbocycles. The number of aromatic nitrogens is 4. The molecule has 6 nitrogen and oxygen atoms in total. The normalized spacial score (nSPS) is 14.9. The molecule has 19 heavy (non-hydrogen) atoms. The lowest BCUT2D eigenvalue weighted by atomic mass is 10.1. The molecule has 3 aromatic rings. The SMILES string of the molecule is Clc1ccc2oc(N3CCc4[nH]ncc4C3)nc2n1. The first-order chi connectivity index (χ1) is 9.29. The maximum absolute atomic E-state index is 5.85. The van der Waals surface area contributed by atoms with Gasteiger partial charge in [0.15, 0.2) is 5.58 Å². The van der Waals surface area contributed by atoms with Gasteiger partial charge in [0.25, 0.3) is 6.01 Å². The van der Waals surface area contributed by atoms with E-state index in [0.29, 0.717) is 22.4 Å². The van der Waals surface area contributed by atoms with Gasteiger partial charge in [-0.3, -0.25) is 5.10 Å². The van der Waals surface area contributed by atoms with Crippen LogP contribution in [0.2, 0.25) is 5.15 Å². The summed E-state index contributed by atoms with van der Waals surface area (Å²) in [4.78, 5) is 10.6. The van der Waals surface area contributed by atoms with Gasteiger partial charge in [-0.15, -0.1) is 0 Å². The van der Waals surface area contributed by atoms with Gasteiger partial charge in [-0.2, -0.15) is 10.1 Å². The van der Waals surface area contributed by atoms with E-state index in [9.17, 15) is 0 Å². The summed E-state index contributed by atoms with van der Waals surface area (Å²) in [6.07, 6.45) is 2.75. The highest BCUT2D eigenvalue weighted by Gasteiger charge is 2.22. The summed E-state index contributed by atoms with van der Waals surface area (Å²) in [7, 11) is 0. The second kappa shape index (κ2) is 3.96. The largest absolute Gasteiger partial charge is 0.422 e. The number of hydrogen-bond donors (Lipinski definition) is 1. The molecule has 0 radical (unpaired) electrons. The molecule has 0 fully saturated rings. The number of pyridine rings is 1. The third-order valence-corrected chi connectivity index (χ3v) is 3.49. The summed E-state index contributed by atoms with van der Waals surface area (Å²) >= 11 is 5.85. The van der Waals surface area contributed by atoms with Crippen LogP contribution in [0.25, 0.3) is 11.2 Å². The summed E-state index contributed by atoms with van der Waals surface area (Å²) in [6, 6.07) is 4.06. The van der Waals surface area contributed by atoms with Crippen LogP contribution < -0.4 is 4.90 Å². The van der Waals surface area contributed by atoms with Crippen molar-refractivity contribution in [2.45, 2.75) is 13.0 Å². The predicted molar refractivity (Wildman–Crippen MR) is 70.2 cm³/mol. The third-order valence-electron chi connectivity index (χ3n) is 3.28. The molecule has 1 aliphatic rings. The van der Waals surface area contributed by atoms with Crippen molar-refractivity contribution in [2.24, 2.45) is 0 Å². The van der Waals surface area contributed by atoms with E-state index < -0.39 is 0 Å². The fourth-order valence-corrected chi connectivity index (χ4v) is 2.45. The molecule has 3 aromatic heterocycles. The number of rotatable bonds is 1. The van der Waals surface area contributed by atoms with Crippen molar-refractivity contribution in [1.82, 2.24) is 20.2 Å². The Morgan fingerprint density at radius 2 is 2.26 bits per heavy atom. The minimum atomic E-state index is 0.420. The summed E-state index contributed by atoms with van der Waals surface area (Å²) in [5.41, 5.74) is 3.56. The Morgan fingerprint density at radius 1 is 1.32 bits per heavy atom. The average molecular weight is 276 g/mol. The number of oxazole rings is 1. The summed E-state index contributed by atoms with van der Waals surface area (Å²) < 4.78 is 5.72. The summed E-state index contributed by atoms with van der Waals surface area (Å²) in [5, 5.41) is 7.48. The van der Waals surface area contributed by atoms with Crippen LogP contribution >= 0.6 is 11.6 Å². The Labute approximate surface area is 113 Å². The van der Waals surface area contributed by atoms with Gasteiger partial charge in [0.05, 0.1) is 12.7 Å². The molecule has 0 saturated heterocycles. The summed E-state index contributed by atoms with van der Waals surface area (Å²) in [5.74, 6) is 0. The molecule has 1 N–H and O–H groups in total. The van der Waals surface area contributed by atoms with E-state index in [1.165, 1.54) is 11.3 Å². The van der Waals surface area contributed by atoms with E-state index in [0.717, 1.165) is 19.5 Å². The van der Waals surface area contributed by atoms with Crippen molar-refractivity contribution in [3.05, 3.63) is 34.7 Å². The molecule has 0 unspecified atom stereocenters. The highest BCUT2D eigenvalue weighted by atomic mass is 35.5. The van der Waals surface area contributed by atoms with Gasteiger partial charge in [0.1, 0.15) is 5.15 Å². The van der Waals surface area contributed by atoms with Crippen LogP contribution in [0.4, 0.5) is 6.01 Å². The number of halogens is 1. The Bertz CT molecular complexity index is 750. The number of anilines is 1. The Kier molecular flexibility index (Phi) is 2.25. The predicted octanol–water partition coefficient (Wildman–Crippen LogP) is 2.16. The van der Waals surface area contributed by atoms with Crippen molar-refractivity contribution in [3.8, 4) is 0 Å². The molecule has 0 bridgehead atoms. The fraction of sp³-hybridized carbons (Fsp3) is 0.250. The van der Waals surface area contributed by atoms with E-state index in [1.807, 2.05) is 6.20 Å². The lowest BCUT2D eigenvalue weighted by molar-refractivity contribution is 0.553. The van der Waals surface area contributed by atoms with Gasteiger partial charge in [-0.05, 0) is 12.1 Å². The van der Waals surface area contributed by atoms with Crippen LogP contribution in [0.15, 0.2) is 22.7 Å². The van der Waals surface area contributed by atoms with Gasteiger partial charge in [0, 0.05) is 24.2 Å². The zero-order valence-electron chi connectivity index (χ0n) is 9.93. The topological polar surface area (TPSA) is 70.8 Å². The van der Waals surface area contributed by atoms with Crippen LogP contribution in [0.3, 0.4) is 0 Å². The minimum absolute atomic E-state index is 0.420. The van der Waals surface area contributed by atoms with E-state index >= 15 is 0 Å². The van der Waals surface area contributed by atoms with Crippen LogP contribution in [0.1, 0.15) is 11.3 Å². The Morgan fingerprint density at radius 3 is 3.21 bits per heavy atom. The molecule has 0 aromatic carbocycles. The van der Waals surface area contributed by atoms with Gasteiger partial charge >= 0.3 is 0 Å². The molecule has 96 valence electrons. The number of hydrogen-bond acceptors (Lipinski definition) is 5. The van der Waals surface area contributed by atoms with Crippen molar-refractivity contribution in [2.75, 3.05) is 11.4 Å². The highest BCUT2D eigenvalue weighted by molar-refractivity contribution is 6.29. The molecule has 4 rings (SSSR count). The zero-order chi connectivity index (χ0) is 12.8. The number of aromatic amines is 1. The Balaban J connectivity index is 1.71. The molecule has 1 aliphatic heterocycles. The second-order valence-corrected chi connectivity index (χ2v) is 4.88. The first-order valence-corrected chi connectivity index (χ1v) is 6.36. The lowest BCUT2D eigenvalue weighted by Gasteiger charge is -2.24. The fourth-order valence-electron chi connectivity index (χ4n) is 2.30. The van der Waals surface area contributed by atoms with Gasteiger partial charge in [-0.25, -0.2) is 4.98 Å². The monoisotopic (exact) mass is 275 g/mol. The first kappa shape index (κ1) is 10.8. The zero-order valence-corrected chi connectivity index (χ0v) is 10.7.